The molecule has 6 rings (SSSR count). The van der Waals surface area contributed by atoms with Crippen LogP contribution in [0, 0.1) is 11.8 Å². The predicted octanol–water partition coefficient (Wildman–Crippen LogP) is 1.34. The van der Waals surface area contributed by atoms with Crippen molar-refractivity contribution in [2.45, 2.75) is 18.8 Å². The number of nitrogens with one attached hydrogen (secondary N) is 1. The Bertz CT molecular complexity index is 2300. The molecule has 1 amide bonds. The summed E-state index contributed by atoms with van der Waals surface area (Å²) in [6.07, 6.45) is 6.01. The Morgan fingerprint density at radius 2 is 1.89 bits per heavy atom. The Labute approximate surface area is 250 Å². The molecule has 0 unspecified atom stereocenters. The van der Waals surface area contributed by atoms with Crippen LogP contribution in [0.1, 0.15) is 40.3 Å². The lowest BCUT2D eigenvalue weighted by atomic mass is 10.1. The summed E-state index contributed by atoms with van der Waals surface area (Å²) in [5.41, 5.74) is 7.78. The number of nitrogen functional groups attached to an aromatic ring is 1. The number of benzene rings is 2. The average Bonchev–Trinajstić information content (AvgIpc) is 3.57. The molecule has 0 saturated carbocycles. The van der Waals surface area contributed by atoms with E-state index in [2.05, 4.69) is 32.3 Å². The van der Waals surface area contributed by atoms with Gasteiger partial charge < -0.3 is 11.1 Å². The smallest absolute Gasteiger partial charge is 0.267 e. The van der Waals surface area contributed by atoms with Crippen LogP contribution in [-0.2, 0) is 15.9 Å². The molecule has 14 nitrogen and oxygen atoms in total. The molecule has 220 valence electrons. The zero-order valence-corrected chi connectivity index (χ0v) is 23.9. The van der Waals surface area contributed by atoms with E-state index in [1.165, 1.54) is 27.7 Å². The number of rotatable bonds is 6. The fourth-order valence-electron chi connectivity index (χ4n) is 4.75. The second-order valence-electron chi connectivity index (χ2n) is 9.80. The van der Waals surface area contributed by atoms with E-state index >= 15 is 0 Å². The number of carbonyl (C=O) groups excluding carboxylic acids is 1. The number of anilines is 1. The third-order valence-corrected chi connectivity index (χ3v) is 7.23. The van der Waals surface area contributed by atoms with Gasteiger partial charge in [-0.3, -0.25) is 18.8 Å². The van der Waals surface area contributed by atoms with Gasteiger partial charge >= 0.3 is 0 Å². The molecule has 15 heteroatoms. The van der Waals surface area contributed by atoms with Crippen molar-refractivity contribution in [1.29, 1.82) is 0 Å². The molecular weight excluding hydrogens is 584 g/mol. The molecule has 4 aromatic heterocycles. The minimum atomic E-state index is -3.78. The van der Waals surface area contributed by atoms with Gasteiger partial charge in [0.15, 0.2) is 17.3 Å². The lowest BCUT2D eigenvalue weighted by molar-refractivity contribution is 0.0940. The summed E-state index contributed by atoms with van der Waals surface area (Å²) in [7, 11) is -3.78. The minimum absolute atomic E-state index is 0.0127. The Morgan fingerprint density at radius 1 is 1.09 bits per heavy atom. The number of hydrogen-bond donors (Lipinski definition) is 3. The largest absolute Gasteiger partial charge is 0.381 e. The second kappa shape index (κ2) is 11.1. The normalized spacial score (nSPS) is 12.1. The molecule has 5 N–H and O–H groups in total. The molecule has 0 aliphatic carbocycles. The molecule has 0 aliphatic heterocycles. The number of amides is 1. The third-order valence-electron chi connectivity index (χ3n) is 6.61. The highest BCUT2D eigenvalue weighted by Gasteiger charge is 2.25. The first-order chi connectivity index (χ1) is 21.1. The summed E-state index contributed by atoms with van der Waals surface area (Å²) in [5, 5.41) is 16.4. The highest BCUT2D eigenvalue weighted by Crippen LogP contribution is 2.22. The van der Waals surface area contributed by atoms with E-state index in [1.54, 1.807) is 61.7 Å². The third kappa shape index (κ3) is 5.50. The van der Waals surface area contributed by atoms with Crippen LogP contribution in [0.5, 0.6) is 0 Å². The molecular formula is C29H24N10O4S. The van der Waals surface area contributed by atoms with Gasteiger partial charge in [0.1, 0.15) is 11.4 Å². The number of nitrogens with two attached hydrogens (primary N) is 2. The van der Waals surface area contributed by atoms with E-state index in [9.17, 15) is 18.0 Å². The van der Waals surface area contributed by atoms with Crippen molar-refractivity contribution in [3.8, 4) is 17.5 Å². The molecule has 0 radical (unpaired) electrons. The van der Waals surface area contributed by atoms with Gasteiger partial charge in [0.25, 0.3) is 11.5 Å². The van der Waals surface area contributed by atoms with Gasteiger partial charge in [-0.15, -0.1) is 5.10 Å². The molecule has 0 saturated heterocycles. The van der Waals surface area contributed by atoms with Crippen molar-refractivity contribution in [3.63, 3.8) is 0 Å². The van der Waals surface area contributed by atoms with Crippen molar-refractivity contribution in [3.05, 3.63) is 112 Å². The van der Waals surface area contributed by atoms with Gasteiger partial charge in [-0.05, 0) is 37.3 Å². The maximum absolute atomic E-state index is 14.2. The molecule has 0 fully saturated rings. The van der Waals surface area contributed by atoms with Crippen LogP contribution in [0.4, 0.5) is 5.82 Å². The first-order valence-electron chi connectivity index (χ1n) is 13.1. The maximum Gasteiger partial charge on any atom is 0.267 e. The Balaban J connectivity index is 1.43. The monoisotopic (exact) mass is 608 g/mol. The molecule has 44 heavy (non-hydrogen) atoms. The average molecular weight is 609 g/mol. The molecule has 2 aromatic carbocycles. The van der Waals surface area contributed by atoms with E-state index in [-0.39, 0.29) is 22.6 Å². The molecule has 0 bridgehead atoms. The lowest BCUT2D eigenvalue weighted by Crippen LogP contribution is -2.33. The first kappa shape index (κ1) is 28.3. The van der Waals surface area contributed by atoms with E-state index in [0.29, 0.717) is 28.0 Å². The van der Waals surface area contributed by atoms with Gasteiger partial charge in [0.05, 0.1) is 34.4 Å². The zero-order valence-electron chi connectivity index (χ0n) is 23.1. The van der Waals surface area contributed by atoms with Crippen molar-refractivity contribution in [2.24, 2.45) is 5.14 Å². The number of sulfonamides is 1. The standard InChI is InChI=1S/C29H24N10O4S/c1-18(34-28(40)24-25(30)36-38-14-6-13-32-27(24)38)26-35-22-10-5-7-20(12-11-19-15-33-37(16-19)17-44(31,42)43)23(22)29(41)39(26)21-8-3-2-4-9-21/h2-10,13-16,18H,17H2,1H3,(H2,30,36)(H,34,40)(H2,31,42,43)/t18-/m0/s1. The molecule has 6 aromatic rings. The van der Waals surface area contributed by atoms with Crippen molar-refractivity contribution in [1.82, 2.24) is 39.2 Å². The van der Waals surface area contributed by atoms with Crippen molar-refractivity contribution >= 4 is 38.3 Å². The lowest BCUT2D eigenvalue weighted by Gasteiger charge is -2.20. The highest BCUT2D eigenvalue weighted by molar-refractivity contribution is 7.88. The molecule has 0 spiro atoms. The summed E-state index contributed by atoms with van der Waals surface area (Å²) in [4.78, 5) is 36.6. The molecule has 1 atom stereocenters. The van der Waals surface area contributed by atoms with E-state index in [1.807, 2.05) is 6.07 Å². The zero-order chi connectivity index (χ0) is 31.0. The highest BCUT2D eigenvalue weighted by atomic mass is 32.2. The fourth-order valence-corrected chi connectivity index (χ4v) is 5.26. The summed E-state index contributed by atoms with van der Waals surface area (Å²) in [6.45, 7) is 1.71. The molecule has 0 aliphatic rings. The number of para-hydroxylation sites is 1. The van der Waals surface area contributed by atoms with E-state index in [0.717, 1.165) is 4.68 Å². The number of nitrogens with zero attached hydrogens (tertiary/aromatic N) is 7. The Morgan fingerprint density at radius 3 is 2.66 bits per heavy atom. The topological polar surface area (TPSA) is 198 Å². The van der Waals surface area contributed by atoms with Crippen LogP contribution in [0.25, 0.3) is 22.2 Å². The quantitative estimate of drug-likeness (QED) is 0.234. The van der Waals surface area contributed by atoms with Crippen LogP contribution >= 0.6 is 0 Å². The predicted molar refractivity (Wildman–Crippen MR) is 162 cm³/mol. The summed E-state index contributed by atoms with van der Waals surface area (Å²) >= 11 is 0. The number of primary sulfonamides is 1. The Hall–Kier alpha value is -5.85. The van der Waals surface area contributed by atoms with Crippen LogP contribution in [0.15, 0.2) is 84.2 Å². The number of carbonyl (C=O) groups is 1. The van der Waals surface area contributed by atoms with E-state index < -0.39 is 33.4 Å². The van der Waals surface area contributed by atoms with Crippen molar-refractivity contribution < 1.29 is 13.2 Å². The molecule has 4 heterocycles. The first-order valence-corrected chi connectivity index (χ1v) is 14.9. The fraction of sp³-hybridized carbons (Fsp3) is 0.103. The van der Waals surface area contributed by atoms with Gasteiger partial charge in [-0.25, -0.2) is 28.0 Å². The van der Waals surface area contributed by atoms with Crippen LogP contribution in [0.3, 0.4) is 0 Å². The van der Waals surface area contributed by atoms with E-state index in [4.69, 9.17) is 15.9 Å². The summed E-state index contributed by atoms with van der Waals surface area (Å²) in [5.74, 6) is 5.17. The van der Waals surface area contributed by atoms with Gasteiger partial charge in [0.2, 0.25) is 10.0 Å². The van der Waals surface area contributed by atoms with Gasteiger partial charge in [-0.2, -0.15) is 5.10 Å². The number of aromatic nitrogens is 7. The number of fused-ring (bicyclic) bond motifs is 2. The number of hydrogen-bond acceptors (Lipinski definition) is 9. The van der Waals surface area contributed by atoms with Gasteiger partial charge in [0, 0.05) is 24.2 Å². The summed E-state index contributed by atoms with van der Waals surface area (Å²) in [6, 6.07) is 14.9. The second-order valence-corrected chi connectivity index (χ2v) is 11.4. The Kier molecular flexibility index (Phi) is 7.13. The SMILES string of the molecule is C[C@H](NC(=O)c1c(N)nn2cccnc12)c1nc2cccc(C#Cc3cnn(CS(N)(=O)=O)c3)c2c(=O)n1-c1ccccc1. The van der Waals surface area contributed by atoms with Crippen molar-refractivity contribution in [2.75, 3.05) is 5.73 Å². The minimum Gasteiger partial charge on any atom is -0.381 e. The van der Waals surface area contributed by atoms with Crippen LogP contribution in [0.2, 0.25) is 0 Å². The summed E-state index contributed by atoms with van der Waals surface area (Å²) < 4.78 is 26.8. The van der Waals surface area contributed by atoms with Gasteiger partial charge in [-0.1, -0.05) is 36.1 Å². The van der Waals surface area contributed by atoms with Crippen LogP contribution in [-0.4, -0.2) is 48.3 Å². The van der Waals surface area contributed by atoms with Crippen LogP contribution < -0.4 is 21.7 Å². The maximum atomic E-state index is 14.2.